The molecule has 0 spiro atoms. The summed E-state index contributed by atoms with van der Waals surface area (Å²) in [5, 5.41) is 3.93. The van der Waals surface area contributed by atoms with Gasteiger partial charge in [0.1, 0.15) is 0 Å². The largest absolute Gasteiger partial charge is 0.353 e. The third kappa shape index (κ3) is 5.29. The third-order valence-electron chi connectivity index (χ3n) is 4.28. The van der Waals surface area contributed by atoms with Gasteiger partial charge in [-0.3, -0.25) is 9.69 Å². The lowest BCUT2D eigenvalue weighted by Crippen LogP contribution is -2.45. The highest BCUT2D eigenvalue weighted by Crippen LogP contribution is 2.20. The minimum Gasteiger partial charge on any atom is -0.353 e. The Morgan fingerprint density at radius 2 is 2.32 bits per heavy atom. The molecule has 22 heavy (non-hydrogen) atoms. The van der Waals surface area contributed by atoms with E-state index in [4.69, 9.17) is 11.6 Å². The number of carbonyl (C=O) groups excluding carboxylic acids is 1. The van der Waals surface area contributed by atoms with Gasteiger partial charge in [0.15, 0.2) is 0 Å². The second-order valence-electron chi connectivity index (χ2n) is 6.40. The molecule has 1 aliphatic rings. The molecule has 1 heterocycles. The van der Waals surface area contributed by atoms with Crippen LogP contribution in [-0.4, -0.2) is 29.9 Å². The molecular formula is C18H27ClN2O. The molecule has 0 bridgehead atoms. The molecule has 1 saturated heterocycles. The average molecular weight is 323 g/mol. The number of amides is 1. The van der Waals surface area contributed by atoms with Gasteiger partial charge in [-0.05, 0) is 50.4 Å². The first kappa shape index (κ1) is 17.3. The second-order valence-corrected chi connectivity index (χ2v) is 6.84. The van der Waals surface area contributed by atoms with Crippen LogP contribution in [0.25, 0.3) is 0 Å². The maximum Gasteiger partial charge on any atom is 0.224 e. The van der Waals surface area contributed by atoms with Crippen molar-refractivity contribution in [1.29, 1.82) is 0 Å². The van der Waals surface area contributed by atoms with Gasteiger partial charge >= 0.3 is 0 Å². The molecular weight excluding hydrogens is 296 g/mol. The van der Waals surface area contributed by atoms with E-state index < -0.39 is 0 Å². The van der Waals surface area contributed by atoms with Crippen LogP contribution < -0.4 is 5.32 Å². The average Bonchev–Trinajstić information content (AvgIpc) is 2.47. The zero-order chi connectivity index (χ0) is 15.9. The number of nitrogens with zero attached hydrogens (tertiary/aromatic N) is 1. The highest BCUT2D eigenvalue weighted by molar-refractivity contribution is 6.30. The van der Waals surface area contributed by atoms with Crippen molar-refractivity contribution in [1.82, 2.24) is 10.2 Å². The van der Waals surface area contributed by atoms with Crippen molar-refractivity contribution in [2.75, 3.05) is 13.1 Å². The van der Waals surface area contributed by atoms with Gasteiger partial charge in [0.25, 0.3) is 0 Å². The van der Waals surface area contributed by atoms with Crippen LogP contribution >= 0.6 is 11.6 Å². The van der Waals surface area contributed by atoms with Crippen molar-refractivity contribution in [2.24, 2.45) is 5.92 Å². The molecule has 2 atom stereocenters. The van der Waals surface area contributed by atoms with E-state index in [-0.39, 0.29) is 17.9 Å². The van der Waals surface area contributed by atoms with Gasteiger partial charge in [0.2, 0.25) is 5.91 Å². The highest BCUT2D eigenvalue weighted by Gasteiger charge is 2.26. The Morgan fingerprint density at radius 3 is 3.05 bits per heavy atom. The summed E-state index contributed by atoms with van der Waals surface area (Å²) in [6.45, 7) is 7.01. The number of likely N-dealkylation sites (tertiary alicyclic amines) is 1. The number of halogens is 1. The van der Waals surface area contributed by atoms with E-state index in [9.17, 15) is 4.79 Å². The fourth-order valence-corrected chi connectivity index (χ4v) is 3.39. The van der Waals surface area contributed by atoms with E-state index in [1.54, 1.807) is 0 Å². The molecule has 1 fully saturated rings. The number of piperidine rings is 1. The molecule has 1 N–H and O–H groups in total. The minimum atomic E-state index is 0.118. The van der Waals surface area contributed by atoms with Crippen LogP contribution in [0, 0.1) is 5.92 Å². The predicted octanol–water partition coefficient (Wildman–Crippen LogP) is 3.86. The van der Waals surface area contributed by atoms with Crippen LogP contribution in [0.5, 0.6) is 0 Å². The monoisotopic (exact) mass is 322 g/mol. The van der Waals surface area contributed by atoms with Gasteiger partial charge in [-0.25, -0.2) is 0 Å². The second kappa shape index (κ2) is 8.54. The Labute approximate surface area is 139 Å². The molecule has 2 unspecified atom stereocenters. The molecule has 1 aromatic rings. The summed E-state index contributed by atoms with van der Waals surface area (Å²) in [6.07, 6.45) is 4.23. The van der Waals surface area contributed by atoms with Gasteiger partial charge in [-0.15, -0.1) is 0 Å². The first-order valence-electron chi connectivity index (χ1n) is 8.35. The van der Waals surface area contributed by atoms with Crippen LogP contribution in [0.15, 0.2) is 24.3 Å². The molecule has 0 aromatic heterocycles. The van der Waals surface area contributed by atoms with Gasteiger partial charge in [-0.1, -0.05) is 37.1 Å². The van der Waals surface area contributed by atoms with E-state index in [2.05, 4.69) is 30.1 Å². The number of hydrogen-bond donors (Lipinski definition) is 1. The molecule has 0 radical (unpaired) electrons. The SMILES string of the molecule is CCCC(C)NC(=O)C1CCCN(Cc2cccc(Cl)c2)C1. The summed E-state index contributed by atoms with van der Waals surface area (Å²) in [6, 6.07) is 8.26. The van der Waals surface area contributed by atoms with Gasteiger partial charge < -0.3 is 5.32 Å². The minimum absolute atomic E-state index is 0.118. The van der Waals surface area contributed by atoms with Crippen molar-refractivity contribution < 1.29 is 4.79 Å². The quantitative estimate of drug-likeness (QED) is 0.862. The standard InChI is InChI=1S/C18H27ClN2O/c1-3-6-14(2)20-18(22)16-8-5-10-21(13-16)12-15-7-4-9-17(19)11-15/h4,7,9,11,14,16H,3,5-6,8,10,12-13H2,1-2H3,(H,20,22). The van der Waals surface area contributed by atoms with Crippen molar-refractivity contribution >= 4 is 17.5 Å². The summed E-state index contributed by atoms with van der Waals surface area (Å²) in [7, 11) is 0. The van der Waals surface area contributed by atoms with Crippen LogP contribution in [0.2, 0.25) is 5.02 Å². The predicted molar refractivity (Wildman–Crippen MR) is 92.0 cm³/mol. The molecule has 1 aliphatic heterocycles. The highest BCUT2D eigenvalue weighted by atomic mass is 35.5. The zero-order valence-corrected chi connectivity index (χ0v) is 14.4. The van der Waals surface area contributed by atoms with Crippen molar-refractivity contribution in [3.8, 4) is 0 Å². The lowest BCUT2D eigenvalue weighted by molar-refractivity contribution is -0.127. The Kier molecular flexibility index (Phi) is 6.71. The van der Waals surface area contributed by atoms with Crippen molar-refractivity contribution in [3.63, 3.8) is 0 Å². The molecule has 1 amide bonds. The van der Waals surface area contributed by atoms with E-state index in [1.165, 1.54) is 5.56 Å². The summed E-state index contributed by atoms with van der Waals surface area (Å²) in [5.74, 6) is 0.337. The summed E-state index contributed by atoms with van der Waals surface area (Å²) >= 11 is 6.05. The molecule has 3 nitrogen and oxygen atoms in total. The molecule has 0 aliphatic carbocycles. The number of nitrogens with one attached hydrogen (secondary N) is 1. The normalized spacial score (nSPS) is 20.6. The fourth-order valence-electron chi connectivity index (χ4n) is 3.17. The molecule has 2 rings (SSSR count). The smallest absolute Gasteiger partial charge is 0.224 e. The van der Waals surface area contributed by atoms with Crippen LogP contribution in [0.3, 0.4) is 0 Å². The van der Waals surface area contributed by atoms with Crippen LogP contribution in [0.4, 0.5) is 0 Å². The van der Waals surface area contributed by atoms with E-state index in [1.807, 2.05) is 18.2 Å². The van der Waals surface area contributed by atoms with Crippen molar-refractivity contribution in [2.45, 2.75) is 52.1 Å². The molecule has 1 aromatic carbocycles. The van der Waals surface area contributed by atoms with Crippen LogP contribution in [-0.2, 0) is 11.3 Å². The maximum atomic E-state index is 12.4. The Balaban J connectivity index is 1.87. The number of hydrogen-bond acceptors (Lipinski definition) is 2. The Bertz CT molecular complexity index is 492. The van der Waals surface area contributed by atoms with Gasteiger partial charge in [0, 0.05) is 24.2 Å². The zero-order valence-electron chi connectivity index (χ0n) is 13.6. The van der Waals surface area contributed by atoms with Crippen molar-refractivity contribution in [3.05, 3.63) is 34.9 Å². The summed E-state index contributed by atoms with van der Waals surface area (Å²) in [5.41, 5.74) is 1.22. The number of rotatable bonds is 6. The number of carbonyl (C=O) groups is 1. The van der Waals surface area contributed by atoms with Gasteiger partial charge in [-0.2, -0.15) is 0 Å². The first-order valence-corrected chi connectivity index (χ1v) is 8.73. The molecule has 0 saturated carbocycles. The fraction of sp³-hybridized carbons (Fsp3) is 0.611. The van der Waals surface area contributed by atoms with Crippen LogP contribution in [0.1, 0.15) is 45.1 Å². The summed E-state index contributed by atoms with van der Waals surface area (Å²) < 4.78 is 0. The number of benzene rings is 1. The third-order valence-corrected chi connectivity index (χ3v) is 4.52. The first-order chi connectivity index (χ1) is 10.6. The summed E-state index contributed by atoms with van der Waals surface area (Å²) in [4.78, 5) is 14.7. The van der Waals surface area contributed by atoms with Gasteiger partial charge in [0.05, 0.1) is 5.92 Å². The Hall–Kier alpha value is -1.06. The Morgan fingerprint density at radius 1 is 1.50 bits per heavy atom. The van der Waals surface area contributed by atoms with E-state index in [0.717, 1.165) is 50.3 Å². The molecule has 4 heteroatoms. The lowest BCUT2D eigenvalue weighted by Gasteiger charge is -2.32. The molecule has 122 valence electrons. The maximum absolute atomic E-state index is 12.4. The lowest BCUT2D eigenvalue weighted by atomic mass is 9.96. The van der Waals surface area contributed by atoms with E-state index >= 15 is 0 Å². The topological polar surface area (TPSA) is 32.3 Å². The van der Waals surface area contributed by atoms with E-state index in [0.29, 0.717) is 0 Å².